The number of rotatable bonds is 7. The molecule has 23 heavy (non-hydrogen) atoms. The lowest BCUT2D eigenvalue weighted by Crippen LogP contribution is -2.25. The van der Waals surface area contributed by atoms with Crippen molar-refractivity contribution in [3.63, 3.8) is 0 Å². The van der Waals surface area contributed by atoms with Gasteiger partial charge in [-0.3, -0.25) is 4.79 Å². The Bertz CT molecular complexity index is 657. The van der Waals surface area contributed by atoms with Crippen molar-refractivity contribution < 1.29 is 23.5 Å². The Morgan fingerprint density at radius 1 is 1.30 bits per heavy atom. The molecule has 2 rings (SSSR count). The Morgan fingerprint density at radius 3 is 2.65 bits per heavy atom. The van der Waals surface area contributed by atoms with E-state index in [-0.39, 0.29) is 12.2 Å². The summed E-state index contributed by atoms with van der Waals surface area (Å²) in [6.07, 6.45) is 2.09. The van der Waals surface area contributed by atoms with E-state index < -0.39 is 22.8 Å². The summed E-state index contributed by atoms with van der Waals surface area (Å²) >= 11 is 3.20. The molecule has 0 bridgehead atoms. The second-order valence-electron chi connectivity index (χ2n) is 4.52. The zero-order chi connectivity index (χ0) is 16.8. The summed E-state index contributed by atoms with van der Waals surface area (Å²) in [6.45, 7) is 0. The Kier molecular flexibility index (Phi) is 5.85. The molecule has 2 unspecified atom stereocenters. The number of hydrogen-bond donors (Lipinski definition) is 0. The van der Waals surface area contributed by atoms with Crippen LogP contribution in [0.2, 0.25) is 0 Å². The van der Waals surface area contributed by atoms with Crippen molar-refractivity contribution in [2.24, 2.45) is 0 Å². The van der Waals surface area contributed by atoms with Gasteiger partial charge in [0.2, 0.25) is 5.82 Å². The number of ether oxygens (including phenoxy) is 2. The Labute approximate surface area is 140 Å². The lowest BCUT2D eigenvalue weighted by Gasteiger charge is -2.14. The monoisotopic (exact) mass is 386 g/mol. The third kappa shape index (κ3) is 4.15. The minimum absolute atomic E-state index is 0.257. The highest BCUT2D eigenvalue weighted by Crippen LogP contribution is 2.21. The van der Waals surface area contributed by atoms with E-state index in [1.807, 2.05) is 0 Å². The Morgan fingerprint density at radius 2 is 2.04 bits per heavy atom. The molecule has 2 aromatic heterocycles. The number of carbonyl (C=O) groups excluding carboxylic acids is 2. The van der Waals surface area contributed by atoms with E-state index in [0.717, 1.165) is 4.80 Å². The lowest BCUT2D eigenvalue weighted by molar-refractivity contribution is -0.146. The lowest BCUT2D eigenvalue weighted by atomic mass is 10.1. The van der Waals surface area contributed by atoms with Crippen molar-refractivity contribution in [2.75, 3.05) is 14.2 Å². The second-order valence-corrected chi connectivity index (χ2v) is 5.62. The largest absolute Gasteiger partial charge is 0.468 e. The predicted molar refractivity (Wildman–Crippen MR) is 80.5 cm³/mol. The minimum atomic E-state index is -0.805. The zero-order valence-electron chi connectivity index (χ0n) is 12.5. The first-order chi connectivity index (χ1) is 11.1. The van der Waals surface area contributed by atoms with Crippen LogP contribution in [0.4, 0.5) is 0 Å². The quantitative estimate of drug-likeness (QED) is 0.518. The van der Waals surface area contributed by atoms with Gasteiger partial charge in [0.1, 0.15) is 4.83 Å². The predicted octanol–water partition coefficient (Wildman–Crippen LogP) is 1.36. The number of esters is 2. The van der Waals surface area contributed by atoms with Crippen molar-refractivity contribution in [3.8, 4) is 11.6 Å². The number of tetrazole rings is 1. The molecule has 0 fully saturated rings. The highest BCUT2D eigenvalue weighted by Gasteiger charge is 2.27. The van der Waals surface area contributed by atoms with E-state index in [2.05, 4.69) is 36.1 Å². The molecule has 2 atom stereocenters. The molecule has 0 aliphatic heterocycles. The molecule has 10 heteroatoms. The van der Waals surface area contributed by atoms with Crippen LogP contribution < -0.4 is 0 Å². The van der Waals surface area contributed by atoms with Crippen LogP contribution in [0.25, 0.3) is 11.6 Å². The number of carbonyl (C=O) groups is 2. The number of halogens is 1. The van der Waals surface area contributed by atoms with Gasteiger partial charge in [-0.2, -0.15) is 0 Å². The van der Waals surface area contributed by atoms with Gasteiger partial charge in [0.05, 0.1) is 20.5 Å². The first-order valence-electron chi connectivity index (χ1n) is 6.70. The van der Waals surface area contributed by atoms with Crippen LogP contribution >= 0.6 is 15.9 Å². The third-order valence-electron chi connectivity index (χ3n) is 3.07. The Hall–Kier alpha value is -2.23. The van der Waals surface area contributed by atoms with Gasteiger partial charge < -0.3 is 13.9 Å². The van der Waals surface area contributed by atoms with Gasteiger partial charge in [-0.15, -0.1) is 15.0 Å². The van der Waals surface area contributed by atoms with Crippen molar-refractivity contribution in [1.29, 1.82) is 0 Å². The number of aromatic nitrogens is 4. The summed E-state index contributed by atoms with van der Waals surface area (Å²) in [5, 5.41) is 11.9. The van der Waals surface area contributed by atoms with Gasteiger partial charge in [0.25, 0.3) is 0 Å². The van der Waals surface area contributed by atoms with Gasteiger partial charge in [-0.05, 0) is 30.2 Å². The van der Waals surface area contributed by atoms with E-state index in [1.54, 1.807) is 12.1 Å². The van der Waals surface area contributed by atoms with Gasteiger partial charge in [-0.25, -0.2) is 4.79 Å². The molecule has 0 N–H and O–H groups in total. The maximum Gasteiger partial charge on any atom is 0.332 e. The maximum absolute atomic E-state index is 12.0. The van der Waals surface area contributed by atoms with E-state index in [4.69, 9.17) is 9.15 Å². The van der Waals surface area contributed by atoms with Gasteiger partial charge >= 0.3 is 11.9 Å². The second kappa shape index (κ2) is 7.86. The first kappa shape index (κ1) is 17.1. The van der Waals surface area contributed by atoms with Gasteiger partial charge in [0, 0.05) is 0 Å². The molecule has 0 saturated carbocycles. The van der Waals surface area contributed by atoms with Crippen LogP contribution in [0, 0.1) is 0 Å². The van der Waals surface area contributed by atoms with Crippen LogP contribution in [0.15, 0.2) is 22.8 Å². The number of hydrogen-bond acceptors (Lipinski definition) is 8. The molecular formula is C13H15BrN4O5. The molecule has 2 aromatic rings. The molecule has 0 saturated heterocycles. The molecule has 0 amide bonds. The van der Waals surface area contributed by atoms with Crippen molar-refractivity contribution in [2.45, 2.75) is 23.7 Å². The SMILES string of the molecule is COC(=O)C(Br)CCC(C(=O)OC)n1nnc(-c2ccco2)n1. The van der Waals surface area contributed by atoms with Crippen molar-refractivity contribution in [1.82, 2.24) is 20.2 Å². The average Bonchev–Trinajstić information content (AvgIpc) is 3.24. The number of furan rings is 1. The first-order valence-corrected chi connectivity index (χ1v) is 7.61. The standard InChI is InChI=1S/C13H15BrN4O5/c1-21-12(19)8(14)5-6-9(13(20)22-2)18-16-11(15-17-18)10-4-3-7-23-10/h3-4,7-9H,5-6H2,1-2H3. The van der Waals surface area contributed by atoms with Gasteiger partial charge in [-0.1, -0.05) is 15.9 Å². The van der Waals surface area contributed by atoms with Crippen LogP contribution in [0.5, 0.6) is 0 Å². The third-order valence-corrected chi connectivity index (χ3v) is 3.90. The minimum Gasteiger partial charge on any atom is -0.468 e. The molecule has 0 aliphatic carbocycles. The molecule has 9 nitrogen and oxygen atoms in total. The normalized spacial score (nSPS) is 13.3. The summed E-state index contributed by atoms with van der Waals surface area (Å²) in [5.74, 6) is -0.255. The summed E-state index contributed by atoms with van der Waals surface area (Å²) in [4.78, 5) is 24.0. The molecule has 0 radical (unpaired) electrons. The topological polar surface area (TPSA) is 109 Å². The van der Waals surface area contributed by atoms with Gasteiger partial charge in [0.15, 0.2) is 11.8 Å². The van der Waals surface area contributed by atoms with Crippen LogP contribution in [0.3, 0.4) is 0 Å². The summed E-state index contributed by atoms with van der Waals surface area (Å²) in [6, 6.07) is 2.57. The maximum atomic E-state index is 12.0. The van der Waals surface area contributed by atoms with Crippen LogP contribution in [0.1, 0.15) is 18.9 Å². The fourth-order valence-electron chi connectivity index (χ4n) is 1.88. The number of nitrogens with zero attached hydrogens (tertiary/aromatic N) is 4. The number of methoxy groups -OCH3 is 2. The van der Waals surface area contributed by atoms with Crippen molar-refractivity contribution >= 4 is 27.9 Å². The summed E-state index contributed by atoms with van der Waals surface area (Å²) in [7, 11) is 2.56. The van der Waals surface area contributed by atoms with E-state index >= 15 is 0 Å². The van der Waals surface area contributed by atoms with E-state index in [1.165, 1.54) is 20.5 Å². The molecule has 0 spiro atoms. The Balaban J connectivity index is 2.12. The van der Waals surface area contributed by atoms with Crippen molar-refractivity contribution in [3.05, 3.63) is 18.4 Å². The summed E-state index contributed by atoms with van der Waals surface area (Å²) in [5.41, 5.74) is 0. The number of alkyl halides is 1. The average molecular weight is 387 g/mol. The molecular weight excluding hydrogens is 372 g/mol. The molecule has 0 aromatic carbocycles. The zero-order valence-corrected chi connectivity index (χ0v) is 14.1. The highest BCUT2D eigenvalue weighted by molar-refractivity contribution is 9.10. The highest BCUT2D eigenvalue weighted by atomic mass is 79.9. The summed E-state index contributed by atoms with van der Waals surface area (Å²) < 4.78 is 14.6. The smallest absolute Gasteiger partial charge is 0.332 e. The van der Waals surface area contributed by atoms with Crippen LogP contribution in [-0.4, -0.2) is 51.2 Å². The molecule has 124 valence electrons. The van der Waals surface area contributed by atoms with E-state index in [0.29, 0.717) is 12.2 Å². The molecule has 2 heterocycles. The van der Waals surface area contributed by atoms with E-state index in [9.17, 15) is 9.59 Å². The fourth-order valence-corrected chi connectivity index (χ4v) is 2.33. The van der Waals surface area contributed by atoms with Crippen LogP contribution in [-0.2, 0) is 19.1 Å². The fraction of sp³-hybridized carbons (Fsp3) is 0.462. The molecule has 0 aliphatic rings.